The number of fused-ring (bicyclic) bond motifs is 3. The van der Waals surface area contributed by atoms with Crippen LogP contribution in [0.15, 0.2) is 53.6 Å². The molecule has 3 heterocycles. The number of esters is 1. The highest BCUT2D eigenvalue weighted by Gasteiger charge is 2.57. The number of ether oxygens (including phenoxy) is 6. The van der Waals surface area contributed by atoms with Crippen molar-refractivity contribution in [2.75, 3.05) is 34.5 Å². The van der Waals surface area contributed by atoms with E-state index in [2.05, 4.69) is 52.9 Å². The van der Waals surface area contributed by atoms with Crippen molar-refractivity contribution in [3.8, 4) is 0 Å². The number of methoxy groups -OCH3 is 3. The van der Waals surface area contributed by atoms with Crippen LogP contribution in [-0.2, 0) is 52.0 Å². The van der Waals surface area contributed by atoms with Gasteiger partial charge in [-0.25, -0.2) is 4.79 Å². The van der Waals surface area contributed by atoms with Crippen LogP contribution < -0.4 is 0 Å². The van der Waals surface area contributed by atoms with Crippen LogP contribution in [0.25, 0.3) is 0 Å². The number of carbonyl (C=O) groups excluding carboxylic acids is 4. The molecule has 1 amide bonds. The Morgan fingerprint density at radius 1 is 0.889 bits per heavy atom. The molecule has 0 spiro atoms. The summed E-state index contributed by atoms with van der Waals surface area (Å²) in [7, 11) is 2.22. The number of hydrogen-bond acceptors (Lipinski definition) is 13. The highest BCUT2D eigenvalue weighted by molar-refractivity contribution is 6.74. The molecule has 15 unspecified atom stereocenters. The van der Waals surface area contributed by atoms with Crippen molar-refractivity contribution < 1.29 is 62.2 Å². The minimum atomic E-state index is -2.56. The Kier molecular flexibility index (Phi) is 21.6. The lowest BCUT2D eigenvalue weighted by Gasteiger charge is -2.47. The maximum Gasteiger partial charge on any atom is 0.329 e. The summed E-state index contributed by atoms with van der Waals surface area (Å²) in [5.74, 6) is -6.99. The highest BCUT2D eigenvalue weighted by atomic mass is 28.4. The van der Waals surface area contributed by atoms with Crippen LogP contribution in [0.2, 0.25) is 18.1 Å². The fourth-order valence-corrected chi connectivity index (χ4v) is 12.6. The fourth-order valence-electron chi connectivity index (χ4n) is 11.2. The van der Waals surface area contributed by atoms with Gasteiger partial charge >= 0.3 is 5.97 Å². The number of rotatable bonds is 12. The van der Waals surface area contributed by atoms with E-state index < -0.39 is 86.3 Å². The van der Waals surface area contributed by atoms with Gasteiger partial charge in [-0.1, -0.05) is 96.5 Å². The first-order valence-electron chi connectivity index (χ1n) is 26.8. The van der Waals surface area contributed by atoms with E-state index in [-0.39, 0.29) is 73.2 Å². The Morgan fingerprint density at radius 2 is 1.54 bits per heavy atom. The van der Waals surface area contributed by atoms with E-state index in [1.165, 1.54) is 4.90 Å². The first-order valence-corrected chi connectivity index (χ1v) is 29.7. The number of Topliss-reactive ketones (excluding diaryl/α,β-unsaturated/α-hetero) is 2. The Morgan fingerprint density at radius 3 is 2.17 bits per heavy atom. The molecule has 1 aliphatic carbocycles. The molecule has 2 saturated heterocycles. The van der Waals surface area contributed by atoms with Crippen molar-refractivity contribution in [1.29, 1.82) is 0 Å². The molecule has 0 aromatic heterocycles. The molecule has 15 atom stereocenters. The fraction of sp³-hybridized carbons (Fsp3) is 0.754. The van der Waals surface area contributed by atoms with Crippen LogP contribution in [-0.4, -0.2) is 136 Å². The summed E-state index contributed by atoms with van der Waals surface area (Å²) in [6.45, 7) is 22.8. The van der Waals surface area contributed by atoms with Crippen molar-refractivity contribution in [2.45, 2.75) is 212 Å². The highest BCUT2D eigenvalue weighted by Crippen LogP contribution is 2.42. The van der Waals surface area contributed by atoms with Gasteiger partial charge in [-0.2, -0.15) is 0 Å². The van der Waals surface area contributed by atoms with Crippen LogP contribution in [0.1, 0.15) is 145 Å². The second-order valence-electron chi connectivity index (χ2n) is 23.2. The van der Waals surface area contributed by atoms with E-state index in [0.717, 1.165) is 23.1 Å². The molecule has 3 aliphatic heterocycles. The van der Waals surface area contributed by atoms with E-state index in [0.29, 0.717) is 44.9 Å². The van der Waals surface area contributed by atoms with Gasteiger partial charge in [-0.3, -0.25) is 14.4 Å². The Labute approximate surface area is 432 Å². The number of hydrogen-bond donors (Lipinski definition) is 2. The quantitative estimate of drug-likeness (QED) is 0.0878. The third-order valence-corrected chi connectivity index (χ3v) is 21.2. The van der Waals surface area contributed by atoms with Gasteiger partial charge in [0.25, 0.3) is 11.7 Å². The van der Waals surface area contributed by atoms with Gasteiger partial charge in [0.05, 0.1) is 37.1 Å². The number of aliphatic hydroxyl groups excluding tert-OH is 1. The molecule has 1 saturated carbocycles. The number of benzene rings is 1. The molecule has 1 aromatic rings. The summed E-state index contributed by atoms with van der Waals surface area (Å²) in [6, 6.07) is 8.31. The number of amides is 1. The van der Waals surface area contributed by atoms with Crippen molar-refractivity contribution in [3.05, 3.63) is 59.2 Å². The molecule has 15 heteroatoms. The minimum absolute atomic E-state index is 0.00843. The summed E-state index contributed by atoms with van der Waals surface area (Å²) in [5, 5.41) is 22.9. The zero-order chi connectivity index (χ0) is 53.3. The SMILES string of the molecule is CCC1/C=C(\C)CC(C)CC(OC)C2OC(O)(C(=O)C(=O)N3CCCCC3C(=O)OC(C(C)=CC3CCC(OCC(O)c4ccccc4)C(OC)C3)C(C)C(O[Si](C)(C)C(C)(C)C)CC1=O)C(C)CC2OC. The van der Waals surface area contributed by atoms with Crippen molar-refractivity contribution >= 4 is 31.8 Å². The zero-order valence-electron chi connectivity index (χ0n) is 46.1. The molecule has 14 nitrogen and oxygen atoms in total. The maximum atomic E-state index is 15.0. The first kappa shape index (κ1) is 59.7. The topological polar surface area (TPSA) is 177 Å². The second-order valence-corrected chi connectivity index (χ2v) is 28.0. The predicted octanol–water partition coefficient (Wildman–Crippen LogP) is 9.26. The van der Waals surface area contributed by atoms with Gasteiger partial charge in [0, 0.05) is 52.0 Å². The van der Waals surface area contributed by atoms with Gasteiger partial charge < -0.3 is 48.0 Å². The summed E-state index contributed by atoms with van der Waals surface area (Å²) in [4.78, 5) is 60.2. The predicted molar refractivity (Wildman–Crippen MR) is 279 cm³/mol. The largest absolute Gasteiger partial charge is 0.456 e. The molecule has 2 bridgehead atoms. The summed E-state index contributed by atoms with van der Waals surface area (Å²) >= 11 is 0. The Balaban J connectivity index is 1.57. The summed E-state index contributed by atoms with van der Waals surface area (Å²) < 4.78 is 44.6. The standard InChI is InChI=1S/C57H91NO13Si/c1-15-41-28-35(2)27-36(3)29-49(66-11)52-50(67-12)31-38(5)57(64,70-52)53(61)54(62)58-26-20-19-23-43(58)55(63)69-51(39(6)47(33-44(41)59)71-72(13,14)56(7,8)9)37(4)30-40-24-25-46(48(32-40)65-10)68-34-45(60)42-21-17-16-18-22-42/h16-18,21-22,28,30,36,38-41,43,45-52,60,64H,15,19-20,23-27,29,31-34H2,1-14H3/b35-28+,37-30?. The number of cyclic esters (lactones) is 1. The van der Waals surface area contributed by atoms with E-state index in [1.54, 1.807) is 28.3 Å². The smallest absolute Gasteiger partial charge is 0.329 e. The Bertz CT molecular complexity index is 2020. The van der Waals surface area contributed by atoms with Crippen molar-refractivity contribution in [2.24, 2.45) is 29.6 Å². The minimum Gasteiger partial charge on any atom is -0.456 e. The third-order valence-electron chi connectivity index (χ3n) is 16.7. The normalized spacial score (nSPS) is 35.9. The maximum absolute atomic E-state index is 15.0. The van der Waals surface area contributed by atoms with Gasteiger partial charge in [0.15, 0.2) is 8.32 Å². The van der Waals surface area contributed by atoms with Gasteiger partial charge in [-0.15, -0.1) is 0 Å². The van der Waals surface area contributed by atoms with Crippen LogP contribution in [0, 0.1) is 29.6 Å². The van der Waals surface area contributed by atoms with Gasteiger partial charge in [-0.05, 0) is 119 Å². The van der Waals surface area contributed by atoms with Gasteiger partial charge in [0.1, 0.15) is 30.1 Å². The second kappa shape index (κ2) is 26.1. The van der Waals surface area contributed by atoms with Crippen LogP contribution in [0.3, 0.4) is 0 Å². The zero-order valence-corrected chi connectivity index (χ0v) is 47.1. The number of aliphatic hydroxyl groups is 2. The number of piperidine rings is 1. The third kappa shape index (κ3) is 14.6. The van der Waals surface area contributed by atoms with Crippen LogP contribution >= 0.6 is 0 Å². The lowest BCUT2D eigenvalue weighted by atomic mass is 9.81. The molecule has 0 radical (unpaired) electrons. The van der Waals surface area contributed by atoms with E-state index in [9.17, 15) is 29.4 Å². The average molecular weight is 1030 g/mol. The molecule has 72 heavy (non-hydrogen) atoms. The lowest BCUT2D eigenvalue weighted by Crippen LogP contribution is -2.64. The van der Waals surface area contributed by atoms with Crippen LogP contribution in [0.4, 0.5) is 0 Å². The van der Waals surface area contributed by atoms with E-state index in [4.69, 9.17) is 32.8 Å². The molecule has 4 aliphatic rings. The molecular formula is C57H91NO13Si. The monoisotopic (exact) mass is 1030 g/mol. The Hall–Kier alpha value is -3.12. The molecule has 2 N–H and O–H groups in total. The number of nitrogens with zero attached hydrogens (tertiary/aromatic N) is 1. The molecular weight excluding hydrogens is 935 g/mol. The number of allylic oxidation sites excluding steroid dienone is 3. The van der Waals surface area contributed by atoms with Crippen molar-refractivity contribution in [1.82, 2.24) is 4.90 Å². The molecule has 3 fully saturated rings. The summed E-state index contributed by atoms with van der Waals surface area (Å²) in [5.41, 5.74) is 2.60. The average Bonchev–Trinajstić information content (AvgIpc) is 3.35. The van der Waals surface area contributed by atoms with Crippen LogP contribution in [0.5, 0.6) is 0 Å². The van der Waals surface area contributed by atoms with Gasteiger partial charge in [0.2, 0.25) is 5.79 Å². The summed E-state index contributed by atoms with van der Waals surface area (Å²) in [6.07, 6.45) is 4.84. The molecule has 5 rings (SSSR count). The van der Waals surface area contributed by atoms with E-state index >= 15 is 0 Å². The number of ketones is 2. The molecule has 1 aromatic carbocycles. The first-order chi connectivity index (χ1) is 33.9. The molecule has 406 valence electrons. The van der Waals surface area contributed by atoms with E-state index in [1.807, 2.05) is 58.0 Å². The van der Waals surface area contributed by atoms with Crippen molar-refractivity contribution in [3.63, 3.8) is 0 Å². The number of carbonyl (C=O) groups is 4. The lowest BCUT2D eigenvalue weighted by molar-refractivity contribution is -0.302.